The zero-order valence-corrected chi connectivity index (χ0v) is 15.9. The third-order valence-electron chi connectivity index (χ3n) is 4.78. The fourth-order valence-corrected chi connectivity index (χ4v) is 3.42. The maximum atomic E-state index is 12.0. The first-order valence-electron chi connectivity index (χ1n) is 9.35. The number of esters is 1. The zero-order chi connectivity index (χ0) is 20.8. The average molecular weight is 396 g/mol. The quantitative estimate of drug-likeness (QED) is 0.213. The molecule has 0 amide bonds. The number of aliphatic imine (C=N–C) groups is 1. The van der Waals surface area contributed by atoms with Gasteiger partial charge in [-0.1, -0.05) is 48.5 Å². The molecule has 1 aliphatic rings. The second-order valence-electron chi connectivity index (χ2n) is 6.76. The molecule has 6 N–H and O–H groups in total. The maximum absolute atomic E-state index is 12.0. The summed E-state index contributed by atoms with van der Waals surface area (Å²) in [5, 5.41) is 0. The Morgan fingerprint density at radius 3 is 2.17 bits per heavy atom. The minimum Gasteiger partial charge on any atom is -0.433 e. The highest BCUT2D eigenvalue weighted by Crippen LogP contribution is 2.44. The van der Waals surface area contributed by atoms with Crippen LogP contribution in [0, 0.1) is 0 Å². The molecule has 3 rings (SSSR count). The van der Waals surface area contributed by atoms with E-state index in [-0.39, 0.29) is 24.9 Å². The van der Waals surface area contributed by atoms with Crippen molar-refractivity contribution in [2.45, 2.75) is 24.8 Å². The van der Waals surface area contributed by atoms with Crippen LogP contribution in [0.25, 0.3) is 11.1 Å². The van der Waals surface area contributed by atoms with E-state index >= 15 is 0 Å². The van der Waals surface area contributed by atoms with Gasteiger partial charge in [-0.25, -0.2) is 9.59 Å². The number of hydrogen-bond acceptors (Lipinski definition) is 6. The molecule has 1 atom stereocenters. The number of fused-ring (bicyclic) bond motifs is 3. The molecular formula is C21H24N4O4. The lowest BCUT2D eigenvalue weighted by Gasteiger charge is -2.14. The smallest absolute Gasteiger partial charge is 0.433 e. The highest BCUT2D eigenvalue weighted by Gasteiger charge is 2.29. The number of nitrogens with zero attached hydrogens (tertiary/aromatic N) is 1. The van der Waals surface area contributed by atoms with Crippen molar-refractivity contribution in [1.29, 1.82) is 0 Å². The molecule has 152 valence electrons. The fourth-order valence-electron chi connectivity index (χ4n) is 3.42. The highest BCUT2D eigenvalue weighted by molar-refractivity contribution is 5.85. The fraction of sp³-hybridized carbons (Fsp3) is 0.286. The molecule has 0 aliphatic heterocycles. The van der Waals surface area contributed by atoms with Crippen LogP contribution in [0.15, 0.2) is 53.5 Å². The number of carbonyl (C=O) groups is 2. The van der Waals surface area contributed by atoms with Gasteiger partial charge in [-0.2, -0.15) is 0 Å². The first-order valence-corrected chi connectivity index (χ1v) is 9.35. The number of ether oxygens (including phenoxy) is 2. The first-order chi connectivity index (χ1) is 14.0. The van der Waals surface area contributed by atoms with E-state index in [2.05, 4.69) is 4.99 Å². The highest BCUT2D eigenvalue weighted by atomic mass is 16.7. The second-order valence-corrected chi connectivity index (χ2v) is 6.76. The number of guanidine groups is 1. The molecule has 0 unspecified atom stereocenters. The Kier molecular flexibility index (Phi) is 6.46. The van der Waals surface area contributed by atoms with E-state index in [1.807, 2.05) is 48.5 Å². The lowest BCUT2D eigenvalue weighted by molar-refractivity contribution is -0.141. The van der Waals surface area contributed by atoms with Gasteiger partial charge in [0.15, 0.2) is 5.96 Å². The van der Waals surface area contributed by atoms with Crippen molar-refractivity contribution in [1.82, 2.24) is 0 Å². The maximum Gasteiger partial charge on any atom is 0.516 e. The van der Waals surface area contributed by atoms with Gasteiger partial charge in [0, 0.05) is 12.5 Å². The third kappa shape index (κ3) is 4.91. The summed E-state index contributed by atoms with van der Waals surface area (Å²) in [6.45, 7) is 0.411. The molecule has 0 saturated carbocycles. The van der Waals surface area contributed by atoms with Crippen molar-refractivity contribution >= 4 is 18.1 Å². The molecule has 0 heterocycles. The van der Waals surface area contributed by atoms with Gasteiger partial charge in [0.2, 0.25) is 0 Å². The summed E-state index contributed by atoms with van der Waals surface area (Å²) in [5.74, 6) is -0.981. The van der Waals surface area contributed by atoms with Crippen molar-refractivity contribution in [3.63, 3.8) is 0 Å². The van der Waals surface area contributed by atoms with Crippen LogP contribution in [0.1, 0.15) is 29.9 Å². The lowest BCUT2D eigenvalue weighted by atomic mass is 9.98. The summed E-state index contributed by atoms with van der Waals surface area (Å²) in [6, 6.07) is 15.0. The molecular weight excluding hydrogens is 372 g/mol. The van der Waals surface area contributed by atoms with Gasteiger partial charge < -0.3 is 26.7 Å². The van der Waals surface area contributed by atoms with E-state index in [1.165, 1.54) is 0 Å². The van der Waals surface area contributed by atoms with Crippen LogP contribution >= 0.6 is 0 Å². The van der Waals surface area contributed by atoms with E-state index in [9.17, 15) is 9.59 Å². The lowest BCUT2D eigenvalue weighted by Crippen LogP contribution is -2.34. The average Bonchev–Trinajstić information content (AvgIpc) is 3.03. The summed E-state index contributed by atoms with van der Waals surface area (Å²) in [6.07, 6.45) is -0.290. The molecule has 29 heavy (non-hydrogen) atoms. The summed E-state index contributed by atoms with van der Waals surface area (Å²) in [7, 11) is 0. The predicted octanol–water partition coefficient (Wildman–Crippen LogP) is 1.86. The summed E-state index contributed by atoms with van der Waals surface area (Å²) >= 11 is 0. The Morgan fingerprint density at radius 2 is 1.59 bits per heavy atom. The summed E-state index contributed by atoms with van der Waals surface area (Å²) in [5.41, 5.74) is 20.6. The number of rotatable bonds is 7. The number of nitrogens with two attached hydrogens (primary N) is 3. The van der Waals surface area contributed by atoms with Gasteiger partial charge >= 0.3 is 12.1 Å². The van der Waals surface area contributed by atoms with Crippen LogP contribution in [0.2, 0.25) is 0 Å². The standard InChI is InChI=1S/C21H24N4O4/c22-18(10-5-11-25-20(23)24)19(26)29-21(27)28-12-17-15-8-3-1-6-13(15)14-7-2-4-9-16(14)17/h1-4,6-9,17-18H,5,10-12,22H2,(H4,23,24,25)/t18-/m0/s1. The molecule has 0 radical (unpaired) electrons. The molecule has 2 aromatic carbocycles. The number of benzene rings is 2. The van der Waals surface area contributed by atoms with Crippen LogP contribution in [-0.2, 0) is 14.3 Å². The van der Waals surface area contributed by atoms with E-state index in [4.69, 9.17) is 26.7 Å². The van der Waals surface area contributed by atoms with Gasteiger partial charge in [0.05, 0.1) is 0 Å². The zero-order valence-electron chi connectivity index (χ0n) is 15.9. The second kappa shape index (κ2) is 9.20. The minimum atomic E-state index is -1.06. The van der Waals surface area contributed by atoms with Gasteiger partial charge in [0.25, 0.3) is 0 Å². The molecule has 8 nitrogen and oxygen atoms in total. The number of hydrogen-bond donors (Lipinski definition) is 3. The van der Waals surface area contributed by atoms with Crippen molar-refractivity contribution in [3.05, 3.63) is 59.7 Å². The van der Waals surface area contributed by atoms with Crippen LogP contribution in [0.3, 0.4) is 0 Å². The van der Waals surface area contributed by atoms with Gasteiger partial charge in [-0.3, -0.25) is 4.99 Å². The van der Waals surface area contributed by atoms with Crippen LogP contribution in [-0.4, -0.2) is 37.3 Å². The molecule has 0 fully saturated rings. The van der Waals surface area contributed by atoms with Gasteiger partial charge in [-0.05, 0) is 35.1 Å². The molecule has 0 bridgehead atoms. The van der Waals surface area contributed by atoms with E-state index < -0.39 is 18.2 Å². The van der Waals surface area contributed by atoms with E-state index in [0.717, 1.165) is 22.3 Å². The largest absolute Gasteiger partial charge is 0.516 e. The molecule has 1 aliphatic carbocycles. The summed E-state index contributed by atoms with van der Waals surface area (Å²) < 4.78 is 9.94. The van der Waals surface area contributed by atoms with E-state index in [1.54, 1.807) is 0 Å². The normalized spacial score (nSPS) is 13.1. The van der Waals surface area contributed by atoms with Crippen molar-refractivity contribution in [2.24, 2.45) is 22.2 Å². The van der Waals surface area contributed by atoms with Gasteiger partial charge in [0.1, 0.15) is 12.6 Å². The van der Waals surface area contributed by atoms with Crippen molar-refractivity contribution in [2.75, 3.05) is 13.2 Å². The Hall–Kier alpha value is -3.39. The molecule has 0 aromatic heterocycles. The minimum absolute atomic E-state index is 0.0280. The topological polar surface area (TPSA) is 143 Å². The molecule has 2 aromatic rings. The monoisotopic (exact) mass is 396 g/mol. The van der Waals surface area contributed by atoms with Crippen LogP contribution < -0.4 is 17.2 Å². The van der Waals surface area contributed by atoms with Crippen molar-refractivity contribution in [3.8, 4) is 11.1 Å². The van der Waals surface area contributed by atoms with Crippen molar-refractivity contribution < 1.29 is 19.1 Å². The number of carbonyl (C=O) groups excluding carboxylic acids is 2. The summed E-state index contributed by atoms with van der Waals surface area (Å²) in [4.78, 5) is 27.7. The van der Waals surface area contributed by atoms with Crippen LogP contribution in [0.5, 0.6) is 0 Å². The Morgan fingerprint density at radius 1 is 1.00 bits per heavy atom. The Labute approximate surface area is 168 Å². The predicted molar refractivity (Wildman–Crippen MR) is 109 cm³/mol. The molecule has 0 saturated heterocycles. The first kappa shape index (κ1) is 20.3. The van der Waals surface area contributed by atoms with Crippen LogP contribution in [0.4, 0.5) is 4.79 Å². The SMILES string of the molecule is NC(N)=NCCC[C@H](N)C(=O)OC(=O)OCC1c2ccccc2-c2ccccc21. The molecule has 8 heteroatoms. The Balaban J connectivity index is 1.53. The third-order valence-corrected chi connectivity index (χ3v) is 4.78. The Bertz CT molecular complexity index is 879. The van der Waals surface area contributed by atoms with Gasteiger partial charge in [-0.15, -0.1) is 0 Å². The molecule has 0 spiro atoms. The van der Waals surface area contributed by atoms with E-state index in [0.29, 0.717) is 13.0 Å².